The number of aliphatic hydroxyl groups is 1. The molecule has 3 aliphatic heterocycles. The Balaban J connectivity index is 0.849. The highest BCUT2D eigenvalue weighted by molar-refractivity contribution is 5.97. The molecule has 3 fully saturated rings. The summed E-state index contributed by atoms with van der Waals surface area (Å²) in [5, 5.41) is 30.6. The lowest BCUT2D eigenvalue weighted by Gasteiger charge is -2.43. The third-order valence-corrected chi connectivity index (χ3v) is 11.9. The fourth-order valence-corrected chi connectivity index (χ4v) is 8.28. The quantitative estimate of drug-likeness (QED) is 0.0414. The summed E-state index contributed by atoms with van der Waals surface area (Å²) in [6.07, 6.45) is 1.94. The van der Waals surface area contributed by atoms with Crippen molar-refractivity contribution in [1.82, 2.24) is 25.8 Å². The smallest absolute Gasteiger partial charge is 0.408 e. The highest BCUT2D eigenvalue weighted by Crippen LogP contribution is 2.31. The van der Waals surface area contributed by atoms with Crippen LogP contribution in [0.5, 0.6) is 11.5 Å². The number of hydrogen-bond acceptors (Lipinski definition) is 11. The van der Waals surface area contributed by atoms with Crippen LogP contribution in [0, 0.1) is 11.8 Å². The lowest BCUT2D eigenvalue weighted by Crippen LogP contribution is -2.52. The number of aromatic amines is 1. The summed E-state index contributed by atoms with van der Waals surface area (Å²) < 4.78 is 17.7. The maximum atomic E-state index is 13.3. The van der Waals surface area contributed by atoms with Gasteiger partial charge in [-0.1, -0.05) is 74.5 Å². The van der Waals surface area contributed by atoms with Gasteiger partial charge in [0.05, 0.1) is 24.3 Å². The normalized spacial score (nSPS) is 18.3. The molecular formula is C49H57N5O9. The molecule has 0 aliphatic carbocycles. The van der Waals surface area contributed by atoms with Crippen molar-refractivity contribution in [1.29, 1.82) is 0 Å². The van der Waals surface area contributed by atoms with E-state index < -0.39 is 36.2 Å². The molecule has 0 saturated carbocycles. The van der Waals surface area contributed by atoms with Gasteiger partial charge >= 0.3 is 12.1 Å². The van der Waals surface area contributed by atoms with Gasteiger partial charge in [-0.2, -0.15) is 0 Å². The zero-order valence-electron chi connectivity index (χ0n) is 35.8. The van der Waals surface area contributed by atoms with E-state index in [0.717, 1.165) is 49.2 Å². The number of carbonyl (C=O) groups excluding carboxylic acids is 3. The second-order valence-corrected chi connectivity index (χ2v) is 16.7. The van der Waals surface area contributed by atoms with Crippen molar-refractivity contribution in [2.45, 2.75) is 70.4 Å². The molecule has 14 nitrogen and oxygen atoms in total. The van der Waals surface area contributed by atoms with Gasteiger partial charge in [0.2, 0.25) is 5.56 Å². The Morgan fingerprint density at radius 1 is 0.873 bits per heavy atom. The van der Waals surface area contributed by atoms with Gasteiger partial charge in [-0.05, 0) is 116 Å². The minimum Gasteiger partial charge on any atom is -0.506 e. The number of rotatable bonds is 19. The number of pyridine rings is 1. The van der Waals surface area contributed by atoms with E-state index in [1.807, 2.05) is 80.6 Å². The molecule has 1 unspecified atom stereocenters. The molecular weight excluding hydrogens is 803 g/mol. The Hall–Kier alpha value is -6.22. The van der Waals surface area contributed by atoms with Crippen molar-refractivity contribution in [3.63, 3.8) is 0 Å². The number of aromatic nitrogens is 1. The fraction of sp³-hybridized carbons (Fsp3) is 0.388. The van der Waals surface area contributed by atoms with Crippen LogP contribution in [0.1, 0.15) is 84.3 Å². The van der Waals surface area contributed by atoms with Crippen LogP contribution in [-0.2, 0) is 20.9 Å². The highest BCUT2D eigenvalue weighted by Gasteiger charge is 2.37. The molecule has 1 aromatic heterocycles. The molecule has 332 valence electrons. The molecule has 14 heteroatoms. The number of nitrogens with zero attached hydrogens (tertiary/aromatic N) is 1. The fourth-order valence-electron chi connectivity index (χ4n) is 8.28. The molecule has 0 spiro atoms. The SMILES string of the molecule is CC(C)C(NC(=O)c1ccc(COc2cccc([C@@H](NC(=O)O[C@H]3CN4CCC3CC4)c3ccccc3)c2)cc1)C(=O)OCCCCNC[C@H](O)c1ccc(O)c2[nH]c(=O)ccc12. The van der Waals surface area contributed by atoms with Crippen molar-refractivity contribution in [2.24, 2.45) is 11.8 Å². The van der Waals surface area contributed by atoms with E-state index in [0.29, 0.717) is 47.6 Å². The summed E-state index contributed by atoms with van der Waals surface area (Å²) in [7, 11) is 0. The number of phenolic OH excluding ortho intramolecular Hbond substituents is 1. The van der Waals surface area contributed by atoms with Gasteiger partial charge in [0.25, 0.3) is 5.91 Å². The Morgan fingerprint density at radius 3 is 2.37 bits per heavy atom. The molecule has 4 atom stereocenters. The summed E-state index contributed by atoms with van der Waals surface area (Å²) in [6.45, 7) is 7.82. The van der Waals surface area contributed by atoms with Crippen molar-refractivity contribution >= 4 is 28.9 Å². The Bertz CT molecular complexity index is 2380. The Labute approximate surface area is 367 Å². The topological polar surface area (TPSA) is 192 Å². The summed E-state index contributed by atoms with van der Waals surface area (Å²) in [5.74, 6) is -0.165. The van der Waals surface area contributed by atoms with E-state index >= 15 is 0 Å². The number of alkyl carbamates (subject to hydrolysis) is 1. The largest absolute Gasteiger partial charge is 0.506 e. The van der Waals surface area contributed by atoms with Gasteiger partial charge in [-0.15, -0.1) is 0 Å². The molecule has 0 radical (unpaired) electrons. The number of nitrogens with one attached hydrogen (secondary N) is 4. The summed E-state index contributed by atoms with van der Waals surface area (Å²) in [4.78, 5) is 56.2. The average molecular weight is 860 g/mol. The summed E-state index contributed by atoms with van der Waals surface area (Å²) >= 11 is 0. The maximum Gasteiger partial charge on any atom is 0.408 e. The first-order chi connectivity index (χ1) is 30.5. The predicted octanol–water partition coefficient (Wildman–Crippen LogP) is 6.12. The molecule has 4 heterocycles. The van der Waals surface area contributed by atoms with Gasteiger partial charge in [0.15, 0.2) is 0 Å². The first-order valence-corrected chi connectivity index (χ1v) is 21.8. The number of piperidine rings is 3. The minimum atomic E-state index is -0.873. The molecule has 5 aromatic rings. The molecule has 4 aromatic carbocycles. The summed E-state index contributed by atoms with van der Waals surface area (Å²) in [5.41, 5.74) is 3.51. The van der Waals surface area contributed by atoms with Crippen LogP contribution in [0.2, 0.25) is 0 Å². The second kappa shape index (κ2) is 21.2. The molecule has 3 aliphatic rings. The van der Waals surface area contributed by atoms with Crippen LogP contribution < -0.4 is 26.2 Å². The number of H-pyrrole nitrogens is 1. The number of unbranched alkanes of at least 4 members (excludes halogenated alkanes) is 1. The number of ether oxygens (including phenoxy) is 3. The minimum absolute atomic E-state index is 0.0698. The van der Waals surface area contributed by atoms with Crippen LogP contribution in [0.15, 0.2) is 108 Å². The molecule has 2 amide bonds. The Morgan fingerprint density at radius 2 is 1.63 bits per heavy atom. The number of hydrogen-bond donors (Lipinski definition) is 6. The standard InChI is InChI=1S/C49H57N5O9/c1-31(2)44(48(59)61-26-7-6-23-50-28-41(56)38-17-19-40(55)46-39(38)18-20-43(57)51-46)52-47(58)35-15-13-32(14-16-35)30-62-37-12-8-11-36(27-37)45(34-9-4-3-5-10-34)53-49(60)63-42-29-54-24-21-33(42)22-25-54/h3-5,8-20,27,31,33,41-42,44-45,50,55-56H,6-7,21-26,28-30H2,1-2H3,(H,51,57)(H,52,58)(H,53,60)/t41-,42-,44?,45-/m0/s1. The van der Waals surface area contributed by atoms with Gasteiger partial charge in [0.1, 0.15) is 30.3 Å². The molecule has 3 saturated heterocycles. The van der Waals surface area contributed by atoms with E-state index in [1.54, 1.807) is 24.3 Å². The van der Waals surface area contributed by atoms with E-state index in [4.69, 9.17) is 14.2 Å². The zero-order valence-corrected chi connectivity index (χ0v) is 35.8. The van der Waals surface area contributed by atoms with Crippen LogP contribution in [0.25, 0.3) is 10.9 Å². The number of carbonyl (C=O) groups is 3. The van der Waals surface area contributed by atoms with Crippen LogP contribution in [-0.4, -0.2) is 89.5 Å². The van der Waals surface area contributed by atoms with Gasteiger partial charge in [0, 0.05) is 30.1 Å². The number of fused-ring (bicyclic) bond motifs is 4. The van der Waals surface area contributed by atoms with Gasteiger partial charge < -0.3 is 45.4 Å². The molecule has 2 bridgehead atoms. The van der Waals surface area contributed by atoms with Crippen LogP contribution >= 0.6 is 0 Å². The number of benzene rings is 4. The van der Waals surface area contributed by atoms with E-state index in [9.17, 15) is 29.4 Å². The highest BCUT2D eigenvalue weighted by atomic mass is 16.6. The van der Waals surface area contributed by atoms with E-state index in [1.165, 1.54) is 12.1 Å². The van der Waals surface area contributed by atoms with Gasteiger partial charge in [-0.3, -0.25) is 14.5 Å². The summed E-state index contributed by atoms with van der Waals surface area (Å²) in [6, 6.07) is 29.1. The number of amides is 2. The lowest BCUT2D eigenvalue weighted by atomic mass is 9.86. The van der Waals surface area contributed by atoms with Crippen molar-refractivity contribution < 1.29 is 38.8 Å². The molecule has 63 heavy (non-hydrogen) atoms. The van der Waals surface area contributed by atoms with E-state index in [2.05, 4.69) is 25.8 Å². The number of phenols is 1. The Kier molecular flexibility index (Phi) is 15.1. The molecule has 6 N–H and O–H groups in total. The number of aliphatic hydroxyl groups excluding tert-OH is 1. The van der Waals surface area contributed by atoms with Crippen molar-refractivity contribution in [3.05, 3.63) is 141 Å². The first kappa shape index (κ1) is 44.8. The van der Waals surface area contributed by atoms with Gasteiger partial charge in [-0.25, -0.2) is 9.59 Å². The monoisotopic (exact) mass is 859 g/mol. The lowest BCUT2D eigenvalue weighted by molar-refractivity contribution is -0.147. The van der Waals surface area contributed by atoms with Crippen molar-refractivity contribution in [3.8, 4) is 11.5 Å². The first-order valence-electron chi connectivity index (χ1n) is 21.8. The third kappa shape index (κ3) is 11.8. The maximum absolute atomic E-state index is 13.3. The average Bonchev–Trinajstić information content (AvgIpc) is 3.30. The van der Waals surface area contributed by atoms with Crippen LogP contribution in [0.3, 0.4) is 0 Å². The van der Waals surface area contributed by atoms with Crippen LogP contribution in [0.4, 0.5) is 4.79 Å². The van der Waals surface area contributed by atoms with E-state index in [-0.39, 0.29) is 48.6 Å². The van der Waals surface area contributed by atoms with Crippen molar-refractivity contribution in [2.75, 3.05) is 39.3 Å². The number of esters is 1. The number of aromatic hydroxyl groups is 1. The molecule has 8 rings (SSSR count). The zero-order chi connectivity index (χ0) is 44.3. The second-order valence-electron chi connectivity index (χ2n) is 16.7. The predicted molar refractivity (Wildman–Crippen MR) is 238 cm³/mol. The third-order valence-electron chi connectivity index (χ3n) is 11.9.